The van der Waals surface area contributed by atoms with E-state index in [2.05, 4.69) is 0 Å². The average Bonchev–Trinajstić information content (AvgIpc) is 2.10. The molecule has 0 aromatic carbocycles. The molecule has 90 valence electrons. The first-order chi connectivity index (χ1) is 7.22. The van der Waals surface area contributed by atoms with E-state index < -0.39 is 41.6 Å². The first kappa shape index (κ1) is 23.6. The molecule has 0 saturated heterocycles. The van der Waals surface area contributed by atoms with Gasteiger partial charge in [0.15, 0.2) is 5.41 Å². The average molecular weight is 294 g/mol. The van der Waals surface area contributed by atoms with Crippen molar-refractivity contribution in [2.24, 2.45) is 11.3 Å². The van der Waals surface area contributed by atoms with Crippen molar-refractivity contribution in [1.82, 2.24) is 0 Å². The third-order valence-electron chi connectivity index (χ3n) is 2.21. The van der Waals surface area contributed by atoms with Gasteiger partial charge in [0.05, 0.1) is 17.9 Å². The Hall–Kier alpha value is 0.516. The summed E-state index contributed by atoms with van der Waals surface area (Å²) in [4.78, 5) is 42.6. The molecular formula is C8H8KNaO8. The second kappa shape index (κ2) is 9.42. The van der Waals surface area contributed by atoms with Gasteiger partial charge in [-0.1, -0.05) is 6.92 Å². The van der Waals surface area contributed by atoms with E-state index >= 15 is 0 Å². The summed E-state index contributed by atoms with van der Waals surface area (Å²) < 4.78 is 0. The first-order valence-corrected chi connectivity index (χ1v) is 4.11. The van der Waals surface area contributed by atoms with Gasteiger partial charge in [-0.05, 0) is 6.42 Å². The van der Waals surface area contributed by atoms with Gasteiger partial charge in [-0.3, -0.25) is 9.59 Å². The predicted octanol–water partition coefficient (Wildman–Crippen LogP) is -9.32. The minimum Gasteiger partial charge on any atom is -0.548 e. The molecule has 0 aliphatic carbocycles. The SMILES string of the molecule is CCC(C(=O)O)C(C(=O)[O-])(C(=O)[O-])C(=O)O.[K+].[Na+]. The first-order valence-electron chi connectivity index (χ1n) is 4.11. The maximum Gasteiger partial charge on any atom is 1.00 e. The molecule has 0 amide bonds. The van der Waals surface area contributed by atoms with E-state index in [1.807, 2.05) is 0 Å². The van der Waals surface area contributed by atoms with E-state index in [1.165, 1.54) is 0 Å². The standard InChI is InChI=1S/C8H10O8.K.Na/c1-2-3(4(9)10)8(5(11)12,6(13)14)7(15)16;;/h3H,2H2,1H3,(H,9,10)(H,11,12)(H,13,14)(H,15,16);;/q;2*+1/p-2. The molecule has 0 spiro atoms. The number of hydrogen-bond acceptors (Lipinski definition) is 6. The topological polar surface area (TPSA) is 155 Å². The normalized spacial score (nSPS) is 11.4. The van der Waals surface area contributed by atoms with Gasteiger partial charge in [-0.25, -0.2) is 0 Å². The minimum absolute atomic E-state index is 0. The summed E-state index contributed by atoms with van der Waals surface area (Å²) in [6.07, 6.45) is -0.510. The third-order valence-corrected chi connectivity index (χ3v) is 2.21. The zero-order valence-electron chi connectivity index (χ0n) is 10.1. The number of carboxylic acids is 4. The van der Waals surface area contributed by atoms with Crippen molar-refractivity contribution in [3.63, 3.8) is 0 Å². The smallest absolute Gasteiger partial charge is 0.548 e. The summed E-state index contributed by atoms with van der Waals surface area (Å²) in [5, 5.41) is 38.5. The quantitative estimate of drug-likeness (QED) is 0.361. The van der Waals surface area contributed by atoms with E-state index in [0.29, 0.717) is 0 Å². The van der Waals surface area contributed by atoms with Crippen LogP contribution in [0.25, 0.3) is 0 Å². The van der Waals surface area contributed by atoms with E-state index in [4.69, 9.17) is 10.2 Å². The van der Waals surface area contributed by atoms with Crippen LogP contribution in [0.1, 0.15) is 13.3 Å². The fourth-order valence-corrected chi connectivity index (χ4v) is 1.36. The van der Waals surface area contributed by atoms with Crippen LogP contribution < -0.4 is 91.2 Å². The van der Waals surface area contributed by atoms with Crippen LogP contribution in [-0.2, 0) is 19.2 Å². The molecule has 10 heteroatoms. The number of carbonyl (C=O) groups is 4. The molecule has 0 aromatic rings. The maximum atomic E-state index is 10.7. The Kier molecular flexibility index (Phi) is 12.4. The van der Waals surface area contributed by atoms with Gasteiger partial charge < -0.3 is 30.0 Å². The molecule has 0 rings (SSSR count). The predicted molar refractivity (Wildman–Crippen MR) is 41.5 cm³/mol. The summed E-state index contributed by atoms with van der Waals surface area (Å²) in [5.74, 6) is -11.4. The van der Waals surface area contributed by atoms with Gasteiger partial charge in [-0.15, -0.1) is 0 Å². The maximum absolute atomic E-state index is 10.7. The van der Waals surface area contributed by atoms with Crippen LogP contribution in [0.3, 0.4) is 0 Å². The molecular weight excluding hydrogens is 286 g/mol. The molecule has 1 unspecified atom stereocenters. The van der Waals surface area contributed by atoms with Crippen molar-refractivity contribution in [2.45, 2.75) is 13.3 Å². The molecule has 0 aliphatic rings. The molecule has 8 nitrogen and oxygen atoms in total. The van der Waals surface area contributed by atoms with E-state index in [9.17, 15) is 29.4 Å². The van der Waals surface area contributed by atoms with Crippen LogP contribution >= 0.6 is 0 Å². The summed E-state index contributed by atoms with van der Waals surface area (Å²) in [6, 6.07) is 0. The fourth-order valence-electron chi connectivity index (χ4n) is 1.36. The number of hydrogen-bond donors (Lipinski definition) is 2. The Morgan fingerprint density at radius 1 is 1.11 bits per heavy atom. The Morgan fingerprint density at radius 2 is 1.44 bits per heavy atom. The van der Waals surface area contributed by atoms with Crippen molar-refractivity contribution in [1.29, 1.82) is 0 Å². The van der Waals surface area contributed by atoms with Gasteiger partial charge in [0.1, 0.15) is 0 Å². The van der Waals surface area contributed by atoms with E-state index in [1.54, 1.807) is 0 Å². The van der Waals surface area contributed by atoms with Gasteiger partial charge in [0.2, 0.25) is 0 Å². The number of aliphatic carboxylic acids is 4. The molecule has 18 heavy (non-hydrogen) atoms. The summed E-state index contributed by atoms with van der Waals surface area (Å²) in [6.45, 7) is 1.14. The molecule has 0 radical (unpaired) electrons. The molecule has 0 heterocycles. The van der Waals surface area contributed by atoms with Gasteiger partial charge in [0, 0.05) is 0 Å². The number of rotatable bonds is 6. The molecule has 0 aromatic heterocycles. The number of carboxylic acid groups (broad SMARTS) is 4. The summed E-state index contributed by atoms with van der Waals surface area (Å²) >= 11 is 0. The van der Waals surface area contributed by atoms with Gasteiger partial charge in [0.25, 0.3) is 0 Å². The molecule has 0 saturated carbocycles. The second-order valence-electron chi connectivity index (χ2n) is 2.99. The van der Waals surface area contributed by atoms with Crippen molar-refractivity contribution in [2.75, 3.05) is 0 Å². The second-order valence-corrected chi connectivity index (χ2v) is 2.99. The fraction of sp³-hybridized carbons (Fsp3) is 0.500. The van der Waals surface area contributed by atoms with Crippen LogP contribution in [0.2, 0.25) is 0 Å². The van der Waals surface area contributed by atoms with E-state index in [-0.39, 0.29) is 80.9 Å². The monoisotopic (exact) mass is 294 g/mol. The largest absolute Gasteiger partial charge is 1.00 e. The number of carbonyl (C=O) groups excluding carboxylic acids is 2. The Bertz CT molecular complexity index is 319. The van der Waals surface area contributed by atoms with Crippen LogP contribution in [0.5, 0.6) is 0 Å². The third kappa shape index (κ3) is 4.27. The molecule has 0 bridgehead atoms. The molecule has 2 N–H and O–H groups in total. The Morgan fingerprint density at radius 3 is 1.50 bits per heavy atom. The van der Waals surface area contributed by atoms with Crippen molar-refractivity contribution in [3.05, 3.63) is 0 Å². The Balaban J connectivity index is -0.00000112. The Labute approximate surface area is 166 Å². The summed E-state index contributed by atoms with van der Waals surface area (Å²) in [7, 11) is 0. The zero-order chi connectivity index (χ0) is 13.1. The van der Waals surface area contributed by atoms with Crippen molar-refractivity contribution in [3.8, 4) is 0 Å². The van der Waals surface area contributed by atoms with Crippen LogP contribution in [0.15, 0.2) is 0 Å². The summed E-state index contributed by atoms with van der Waals surface area (Å²) in [5.41, 5.74) is -3.58. The van der Waals surface area contributed by atoms with E-state index in [0.717, 1.165) is 6.92 Å². The van der Waals surface area contributed by atoms with Crippen LogP contribution in [0, 0.1) is 11.3 Å². The van der Waals surface area contributed by atoms with Gasteiger partial charge >= 0.3 is 92.9 Å². The van der Waals surface area contributed by atoms with Crippen LogP contribution in [-0.4, -0.2) is 34.1 Å². The molecule has 0 fully saturated rings. The molecule has 0 aliphatic heterocycles. The minimum atomic E-state index is -3.58. The molecule has 1 atom stereocenters. The zero-order valence-corrected chi connectivity index (χ0v) is 15.3. The van der Waals surface area contributed by atoms with Crippen molar-refractivity contribution < 1.29 is 121 Å². The van der Waals surface area contributed by atoms with Gasteiger partial charge in [-0.2, -0.15) is 0 Å². The van der Waals surface area contributed by atoms with Crippen molar-refractivity contribution >= 4 is 23.9 Å². The van der Waals surface area contributed by atoms with Crippen LogP contribution in [0.4, 0.5) is 0 Å².